The number of para-hydroxylation sites is 1. The Morgan fingerprint density at radius 1 is 1.02 bits per heavy atom. The molecule has 0 spiro atoms. The maximum absolute atomic E-state index is 14.1. The summed E-state index contributed by atoms with van der Waals surface area (Å²) in [6, 6.07) is 26.7. The van der Waals surface area contributed by atoms with Crippen LogP contribution < -0.4 is 10.1 Å². The minimum absolute atomic E-state index is 0.0179. The lowest BCUT2D eigenvalue weighted by atomic mass is 10.1. The Morgan fingerprint density at radius 3 is 2.54 bits per heavy atom. The molecule has 9 nitrogen and oxygen atoms in total. The van der Waals surface area contributed by atoms with E-state index in [2.05, 4.69) is 11.4 Å². The smallest absolute Gasteiger partial charge is 0.244 e. The zero-order valence-corrected chi connectivity index (χ0v) is 23.2. The first kappa shape index (κ1) is 27.8. The number of likely N-dealkylation sites (tertiary alicyclic amines) is 1. The van der Waals surface area contributed by atoms with E-state index in [-0.39, 0.29) is 17.9 Å². The molecular weight excluding hydrogens is 540 g/mol. The molecule has 41 heavy (non-hydrogen) atoms. The van der Waals surface area contributed by atoms with Crippen molar-refractivity contribution in [2.24, 2.45) is 0 Å². The van der Waals surface area contributed by atoms with E-state index in [4.69, 9.17) is 4.74 Å². The number of amides is 2. The fraction of sp³-hybridized carbons (Fsp3) is 0.194. The number of methoxy groups -OCH3 is 1. The van der Waals surface area contributed by atoms with Crippen molar-refractivity contribution in [3.8, 4) is 11.8 Å². The third kappa shape index (κ3) is 6.06. The van der Waals surface area contributed by atoms with Crippen molar-refractivity contribution in [1.82, 2.24) is 9.21 Å². The Morgan fingerprint density at radius 2 is 1.78 bits per heavy atom. The molecule has 0 unspecified atom stereocenters. The van der Waals surface area contributed by atoms with Crippen LogP contribution in [-0.2, 0) is 26.2 Å². The molecule has 0 saturated carbocycles. The molecule has 1 aliphatic rings. The standard InChI is InChI=1S/C31H28N4O5S/c1-40-27-12-10-25-18-28(13-11-24(25)17-27)41(38,39)35(21-30(36)33-26-8-3-2-4-9-26)29-14-15-34(31(29)37)20-23-7-5-6-22(16-23)19-32/h2-13,16-18,29H,14-15,20-21H2,1H3,(H,33,36)/t29-/m0/s1. The summed E-state index contributed by atoms with van der Waals surface area (Å²) in [4.78, 5) is 28.3. The number of anilines is 1. The zero-order valence-electron chi connectivity index (χ0n) is 22.4. The number of ether oxygens (including phenoxy) is 1. The van der Waals surface area contributed by atoms with Crippen molar-refractivity contribution in [2.45, 2.75) is 23.9 Å². The lowest BCUT2D eigenvalue weighted by molar-refractivity contribution is -0.131. The number of carbonyl (C=O) groups excluding carboxylic acids is 2. The van der Waals surface area contributed by atoms with Gasteiger partial charge in [0.1, 0.15) is 11.8 Å². The van der Waals surface area contributed by atoms with Gasteiger partial charge >= 0.3 is 0 Å². The average Bonchev–Trinajstić information content (AvgIpc) is 3.34. The predicted octanol–water partition coefficient (Wildman–Crippen LogP) is 4.15. The second-order valence-electron chi connectivity index (χ2n) is 9.72. The van der Waals surface area contributed by atoms with Crippen LogP contribution in [0.5, 0.6) is 5.75 Å². The van der Waals surface area contributed by atoms with Crippen LogP contribution in [0, 0.1) is 11.3 Å². The van der Waals surface area contributed by atoms with Crippen LogP contribution in [0.2, 0.25) is 0 Å². The van der Waals surface area contributed by atoms with Crippen LogP contribution in [0.1, 0.15) is 17.5 Å². The molecule has 2 amide bonds. The van der Waals surface area contributed by atoms with Gasteiger partial charge in [0.25, 0.3) is 0 Å². The van der Waals surface area contributed by atoms with Crippen LogP contribution in [0.3, 0.4) is 0 Å². The number of carbonyl (C=O) groups is 2. The van der Waals surface area contributed by atoms with Crippen molar-refractivity contribution in [3.63, 3.8) is 0 Å². The molecule has 208 valence electrons. The minimum Gasteiger partial charge on any atom is -0.497 e. The summed E-state index contributed by atoms with van der Waals surface area (Å²) >= 11 is 0. The zero-order chi connectivity index (χ0) is 29.0. The highest BCUT2D eigenvalue weighted by molar-refractivity contribution is 7.89. The number of fused-ring (bicyclic) bond motifs is 1. The van der Waals surface area contributed by atoms with Crippen molar-refractivity contribution in [1.29, 1.82) is 5.26 Å². The van der Waals surface area contributed by atoms with Crippen molar-refractivity contribution < 1.29 is 22.7 Å². The molecular formula is C31H28N4O5S. The van der Waals surface area contributed by atoms with Crippen molar-refractivity contribution in [3.05, 3.63) is 102 Å². The SMILES string of the molecule is COc1ccc2cc(S(=O)(=O)N(CC(=O)Nc3ccccc3)[C@H]3CCN(Cc4cccc(C#N)c4)C3=O)ccc2c1. The Balaban J connectivity index is 1.46. The molecule has 5 rings (SSSR count). The van der Waals surface area contributed by atoms with E-state index in [0.29, 0.717) is 28.9 Å². The van der Waals surface area contributed by atoms with E-state index < -0.39 is 34.4 Å². The average molecular weight is 569 g/mol. The van der Waals surface area contributed by atoms with Crippen molar-refractivity contribution >= 4 is 38.3 Å². The summed E-state index contributed by atoms with van der Waals surface area (Å²) in [5, 5.41) is 13.4. The highest BCUT2D eigenvalue weighted by Crippen LogP contribution is 2.29. The monoisotopic (exact) mass is 568 g/mol. The summed E-state index contributed by atoms with van der Waals surface area (Å²) in [5.74, 6) is -0.309. The number of sulfonamides is 1. The summed E-state index contributed by atoms with van der Waals surface area (Å²) in [6.07, 6.45) is 0.222. The highest BCUT2D eigenvalue weighted by atomic mass is 32.2. The molecule has 0 aromatic heterocycles. The van der Waals surface area contributed by atoms with Gasteiger partial charge in [-0.1, -0.05) is 42.5 Å². The summed E-state index contributed by atoms with van der Waals surface area (Å²) < 4.78 is 34.4. The molecule has 0 bridgehead atoms. The van der Waals surface area contributed by atoms with Crippen LogP contribution in [0.4, 0.5) is 5.69 Å². The topological polar surface area (TPSA) is 120 Å². The van der Waals surface area contributed by atoms with Gasteiger partial charge < -0.3 is 15.0 Å². The normalized spacial score (nSPS) is 15.2. The van der Waals surface area contributed by atoms with E-state index in [9.17, 15) is 23.3 Å². The molecule has 1 fully saturated rings. The van der Waals surface area contributed by atoms with Gasteiger partial charge in [-0.25, -0.2) is 8.42 Å². The fourth-order valence-electron chi connectivity index (χ4n) is 4.96. The predicted molar refractivity (Wildman–Crippen MR) is 154 cm³/mol. The third-order valence-corrected chi connectivity index (χ3v) is 8.88. The second-order valence-corrected chi connectivity index (χ2v) is 11.6. The molecule has 4 aromatic carbocycles. The molecule has 0 aliphatic carbocycles. The summed E-state index contributed by atoms with van der Waals surface area (Å²) in [6.45, 7) is 0.00290. The van der Waals surface area contributed by atoms with Gasteiger partial charge in [-0.15, -0.1) is 0 Å². The number of hydrogen-bond donors (Lipinski definition) is 1. The maximum atomic E-state index is 14.1. The van der Waals surface area contributed by atoms with E-state index in [1.54, 1.807) is 84.8 Å². The molecule has 4 aromatic rings. The van der Waals surface area contributed by atoms with Gasteiger partial charge in [0.2, 0.25) is 21.8 Å². The molecule has 0 radical (unpaired) electrons. The first-order chi connectivity index (χ1) is 19.8. The Hall–Kier alpha value is -4.72. The lowest BCUT2D eigenvalue weighted by Crippen LogP contribution is -2.48. The van der Waals surface area contributed by atoms with Gasteiger partial charge in [-0.3, -0.25) is 9.59 Å². The van der Waals surface area contributed by atoms with Crippen LogP contribution in [0.25, 0.3) is 10.8 Å². The number of hydrogen-bond acceptors (Lipinski definition) is 6. The lowest BCUT2D eigenvalue weighted by Gasteiger charge is -2.27. The van der Waals surface area contributed by atoms with Crippen LogP contribution in [-0.4, -0.2) is 55.7 Å². The number of nitrogens with zero attached hydrogens (tertiary/aromatic N) is 3. The maximum Gasteiger partial charge on any atom is 0.244 e. The van der Waals surface area contributed by atoms with Gasteiger partial charge in [0.15, 0.2) is 0 Å². The second kappa shape index (κ2) is 11.8. The molecule has 1 aliphatic heterocycles. The van der Waals surface area contributed by atoms with Gasteiger partial charge in [0, 0.05) is 18.8 Å². The van der Waals surface area contributed by atoms with Crippen molar-refractivity contribution in [2.75, 3.05) is 25.5 Å². The molecule has 1 atom stereocenters. The number of nitriles is 1. The van der Waals surface area contributed by atoms with Gasteiger partial charge in [-0.05, 0) is 71.3 Å². The number of benzene rings is 4. The van der Waals surface area contributed by atoms with E-state index in [0.717, 1.165) is 15.3 Å². The quantitative estimate of drug-likeness (QED) is 0.324. The van der Waals surface area contributed by atoms with E-state index in [1.807, 2.05) is 6.07 Å². The Labute approximate surface area is 238 Å². The number of nitrogens with one attached hydrogen (secondary N) is 1. The largest absolute Gasteiger partial charge is 0.497 e. The molecule has 1 saturated heterocycles. The van der Waals surface area contributed by atoms with E-state index in [1.165, 1.54) is 12.1 Å². The summed E-state index contributed by atoms with van der Waals surface area (Å²) in [7, 11) is -2.71. The Kier molecular flexibility index (Phi) is 8.01. The van der Waals surface area contributed by atoms with Crippen LogP contribution >= 0.6 is 0 Å². The van der Waals surface area contributed by atoms with Crippen LogP contribution in [0.15, 0.2) is 95.9 Å². The first-order valence-corrected chi connectivity index (χ1v) is 14.4. The Bertz CT molecular complexity index is 1750. The highest BCUT2D eigenvalue weighted by Gasteiger charge is 2.43. The van der Waals surface area contributed by atoms with Gasteiger partial charge in [-0.2, -0.15) is 9.57 Å². The molecule has 10 heteroatoms. The van der Waals surface area contributed by atoms with Gasteiger partial charge in [0.05, 0.1) is 30.2 Å². The molecule has 1 N–H and O–H groups in total. The fourth-order valence-corrected chi connectivity index (χ4v) is 6.56. The first-order valence-electron chi connectivity index (χ1n) is 13.0. The third-order valence-electron chi connectivity index (χ3n) is 7.03. The summed E-state index contributed by atoms with van der Waals surface area (Å²) in [5.41, 5.74) is 1.76. The van der Waals surface area contributed by atoms with E-state index >= 15 is 0 Å². The number of rotatable bonds is 9. The minimum atomic E-state index is -4.27. The molecule has 1 heterocycles.